The van der Waals surface area contributed by atoms with Gasteiger partial charge in [-0.1, -0.05) is 31.2 Å². The van der Waals surface area contributed by atoms with Crippen LogP contribution in [0.4, 0.5) is 0 Å². The van der Waals surface area contributed by atoms with Crippen LogP contribution in [0, 0.1) is 0 Å². The van der Waals surface area contributed by atoms with Gasteiger partial charge in [0.2, 0.25) is 0 Å². The number of aliphatic hydroxyl groups excluding tert-OH is 4. The zero-order valence-corrected chi connectivity index (χ0v) is 15.3. The molecular weight excluding hydrogens is 352 g/mol. The van der Waals surface area contributed by atoms with E-state index in [9.17, 15) is 20.4 Å². The summed E-state index contributed by atoms with van der Waals surface area (Å²) < 4.78 is 5.89. The van der Waals surface area contributed by atoms with Gasteiger partial charge < -0.3 is 25.2 Å². The van der Waals surface area contributed by atoms with Crippen molar-refractivity contribution in [3.05, 3.63) is 59.7 Å². The third kappa shape index (κ3) is 4.05. The second-order valence-corrected chi connectivity index (χ2v) is 7.81. The molecule has 3 rings (SSSR count). The van der Waals surface area contributed by atoms with Crippen LogP contribution in [0.5, 0.6) is 11.5 Å². The molecule has 1 heterocycles. The van der Waals surface area contributed by atoms with Gasteiger partial charge in [-0.15, -0.1) is 11.8 Å². The van der Waals surface area contributed by atoms with Gasteiger partial charge in [0.25, 0.3) is 0 Å². The molecule has 0 unspecified atom stereocenters. The van der Waals surface area contributed by atoms with Crippen molar-refractivity contribution in [3.8, 4) is 11.5 Å². The summed E-state index contributed by atoms with van der Waals surface area (Å²) in [4.78, 5) is 0. The molecule has 0 amide bonds. The molecule has 0 radical (unpaired) electrons. The Labute approximate surface area is 157 Å². The predicted molar refractivity (Wildman–Crippen MR) is 102 cm³/mol. The van der Waals surface area contributed by atoms with Crippen LogP contribution in [0.3, 0.4) is 0 Å². The summed E-state index contributed by atoms with van der Waals surface area (Å²) in [6, 6.07) is 15.2. The van der Waals surface area contributed by atoms with Gasteiger partial charge in [-0.3, -0.25) is 0 Å². The Morgan fingerprint density at radius 1 is 0.923 bits per heavy atom. The summed E-state index contributed by atoms with van der Waals surface area (Å²) in [5.74, 6) is 1.35. The molecule has 4 N–H and O–H groups in total. The molecule has 1 saturated heterocycles. The summed E-state index contributed by atoms with van der Waals surface area (Å²) in [7, 11) is 0. The molecule has 1 aliphatic heterocycles. The van der Waals surface area contributed by atoms with Crippen LogP contribution >= 0.6 is 11.8 Å². The fraction of sp³-hybridized carbons (Fsp3) is 0.400. The Morgan fingerprint density at radius 3 is 2.31 bits per heavy atom. The fourth-order valence-electron chi connectivity index (χ4n) is 3.06. The predicted octanol–water partition coefficient (Wildman–Crippen LogP) is 2.27. The van der Waals surface area contributed by atoms with Crippen molar-refractivity contribution >= 4 is 11.8 Å². The Balaban J connectivity index is 1.79. The molecule has 0 aliphatic carbocycles. The van der Waals surface area contributed by atoms with Gasteiger partial charge >= 0.3 is 0 Å². The highest BCUT2D eigenvalue weighted by molar-refractivity contribution is 8.00. The lowest BCUT2D eigenvalue weighted by Gasteiger charge is -2.39. The summed E-state index contributed by atoms with van der Waals surface area (Å²) in [6.45, 7) is 1.82. The van der Waals surface area contributed by atoms with Gasteiger partial charge in [0.1, 0.15) is 17.6 Å². The number of rotatable bonds is 5. The molecule has 0 bridgehead atoms. The van der Waals surface area contributed by atoms with Gasteiger partial charge in [0, 0.05) is 0 Å². The zero-order chi connectivity index (χ0) is 18.7. The lowest BCUT2D eigenvalue weighted by Crippen LogP contribution is -2.51. The molecular formula is C20H24O5S. The maximum Gasteiger partial charge on any atom is 0.127 e. The topological polar surface area (TPSA) is 90.2 Å². The summed E-state index contributed by atoms with van der Waals surface area (Å²) >= 11 is 1.26. The number of hydrogen-bond donors (Lipinski definition) is 4. The van der Waals surface area contributed by atoms with Gasteiger partial charge in [0.05, 0.1) is 29.3 Å². The molecule has 0 spiro atoms. The molecule has 140 valence electrons. The molecule has 6 heteroatoms. The highest BCUT2D eigenvalue weighted by Crippen LogP contribution is 2.43. The van der Waals surface area contributed by atoms with Gasteiger partial charge in [-0.25, -0.2) is 0 Å². The van der Waals surface area contributed by atoms with Crippen molar-refractivity contribution in [2.24, 2.45) is 0 Å². The number of benzene rings is 2. The number of ether oxygens (including phenoxy) is 1. The van der Waals surface area contributed by atoms with Crippen molar-refractivity contribution < 1.29 is 25.2 Å². The molecule has 1 aliphatic rings. The van der Waals surface area contributed by atoms with E-state index in [-0.39, 0.29) is 6.61 Å². The lowest BCUT2D eigenvalue weighted by molar-refractivity contribution is -0.0700. The average Bonchev–Trinajstić information content (AvgIpc) is 2.67. The van der Waals surface area contributed by atoms with Gasteiger partial charge in [-0.05, 0) is 41.8 Å². The number of hydrogen-bond acceptors (Lipinski definition) is 6. The molecule has 26 heavy (non-hydrogen) atoms. The van der Waals surface area contributed by atoms with Crippen molar-refractivity contribution in [2.75, 3.05) is 6.61 Å². The van der Waals surface area contributed by atoms with E-state index >= 15 is 0 Å². The van der Waals surface area contributed by atoms with E-state index in [1.165, 1.54) is 17.3 Å². The zero-order valence-electron chi connectivity index (χ0n) is 14.5. The quantitative estimate of drug-likeness (QED) is 0.640. The molecule has 2 aromatic carbocycles. The van der Waals surface area contributed by atoms with Gasteiger partial charge in [-0.2, -0.15) is 0 Å². The first-order valence-electron chi connectivity index (χ1n) is 8.70. The van der Waals surface area contributed by atoms with Crippen LogP contribution in [0.2, 0.25) is 0 Å². The van der Waals surface area contributed by atoms with Crippen LogP contribution in [0.1, 0.15) is 23.3 Å². The van der Waals surface area contributed by atoms with E-state index in [1.54, 1.807) is 0 Å². The van der Waals surface area contributed by atoms with Crippen LogP contribution in [-0.2, 0) is 6.42 Å². The van der Waals surface area contributed by atoms with E-state index in [4.69, 9.17) is 4.74 Å². The van der Waals surface area contributed by atoms with E-state index in [0.29, 0.717) is 5.75 Å². The summed E-state index contributed by atoms with van der Waals surface area (Å²) in [5, 5.41) is 38.8. The molecule has 5 nitrogen and oxygen atoms in total. The van der Waals surface area contributed by atoms with E-state index in [0.717, 1.165) is 17.7 Å². The second-order valence-electron chi connectivity index (χ2n) is 6.42. The summed E-state index contributed by atoms with van der Waals surface area (Å²) in [5.41, 5.74) is 2.00. The number of aryl methyl sites for hydroxylation is 1. The van der Waals surface area contributed by atoms with Crippen LogP contribution in [-0.4, -0.2) is 50.6 Å². The van der Waals surface area contributed by atoms with Crippen LogP contribution in [0.25, 0.3) is 0 Å². The SMILES string of the molecule is CCc1ccc(Oc2cccc([C@@H]3S[C@H](CO)[C@@H](O)[C@H](O)[C@H]3O)c2)cc1. The first-order chi connectivity index (χ1) is 12.5. The Hall–Kier alpha value is -1.57. The Kier molecular flexibility index (Phi) is 6.21. The van der Waals surface area contributed by atoms with Crippen molar-refractivity contribution in [3.63, 3.8) is 0 Å². The largest absolute Gasteiger partial charge is 0.457 e. The fourth-order valence-corrected chi connectivity index (χ4v) is 4.47. The average molecular weight is 376 g/mol. The maximum absolute atomic E-state index is 10.4. The van der Waals surface area contributed by atoms with Gasteiger partial charge in [0.15, 0.2) is 0 Å². The first kappa shape index (κ1) is 19.2. The van der Waals surface area contributed by atoms with Crippen molar-refractivity contribution in [1.82, 2.24) is 0 Å². The standard InChI is InChI=1S/C20H24O5S/c1-2-12-6-8-14(9-7-12)25-15-5-3-4-13(10-15)20-19(24)18(23)17(22)16(11-21)26-20/h3-10,16-24H,2,11H2,1H3/t16-,17-,18+,19-,20+/m1/s1. The molecule has 2 aromatic rings. The molecule has 5 atom stereocenters. The maximum atomic E-state index is 10.4. The highest BCUT2D eigenvalue weighted by atomic mass is 32.2. The second kappa shape index (κ2) is 8.41. The molecule has 1 fully saturated rings. The molecule has 0 aromatic heterocycles. The third-order valence-electron chi connectivity index (χ3n) is 4.65. The van der Waals surface area contributed by atoms with Crippen LogP contribution in [0.15, 0.2) is 48.5 Å². The third-order valence-corrected chi connectivity index (χ3v) is 6.27. The number of thioether (sulfide) groups is 1. The minimum Gasteiger partial charge on any atom is -0.457 e. The number of aliphatic hydroxyl groups is 4. The normalized spacial score (nSPS) is 28.7. The van der Waals surface area contributed by atoms with Crippen molar-refractivity contribution in [2.45, 2.75) is 42.2 Å². The van der Waals surface area contributed by atoms with Crippen LogP contribution < -0.4 is 4.74 Å². The van der Waals surface area contributed by atoms with E-state index in [1.807, 2.05) is 48.5 Å². The summed E-state index contributed by atoms with van der Waals surface area (Å²) in [6.07, 6.45) is -2.62. The van der Waals surface area contributed by atoms with E-state index < -0.39 is 28.8 Å². The first-order valence-corrected chi connectivity index (χ1v) is 9.65. The Morgan fingerprint density at radius 2 is 1.65 bits per heavy atom. The lowest BCUT2D eigenvalue weighted by atomic mass is 9.97. The monoisotopic (exact) mass is 376 g/mol. The smallest absolute Gasteiger partial charge is 0.127 e. The Bertz CT molecular complexity index is 718. The molecule has 0 saturated carbocycles. The van der Waals surface area contributed by atoms with E-state index in [2.05, 4.69) is 6.92 Å². The minimum atomic E-state index is -1.30. The highest BCUT2D eigenvalue weighted by Gasteiger charge is 2.43. The minimum absolute atomic E-state index is 0.272. The van der Waals surface area contributed by atoms with Crippen molar-refractivity contribution in [1.29, 1.82) is 0 Å².